The Morgan fingerprint density at radius 1 is 1.33 bits per heavy atom. The zero-order valence-corrected chi connectivity index (χ0v) is 8.75. The van der Waals surface area contributed by atoms with Crippen LogP contribution >= 0.6 is 0 Å². The highest BCUT2D eigenvalue weighted by molar-refractivity contribution is 5.26. The molecule has 1 N–H and O–H groups in total. The summed E-state index contributed by atoms with van der Waals surface area (Å²) < 4.78 is 1.71. The van der Waals surface area contributed by atoms with Gasteiger partial charge in [0.2, 0.25) is 0 Å². The lowest BCUT2D eigenvalue weighted by Gasteiger charge is -2.05. The molecule has 0 unspecified atom stereocenters. The van der Waals surface area contributed by atoms with Gasteiger partial charge in [-0.3, -0.25) is 0 Å². The van der Waals surface area contributed by atoms with Crippen LogP contribution in [0.15, 0.2) is 30.7 Å². The Bertz CT molecular complexity index is 445. The van der Waals surface area contributed by atoms with Crippen LogP contribution in [0.5, 0.6) is 0 Å². The molecule has 0 aliphatic carbocycles. The lowest BCUT2D eigenvalue weighted by molar-refractivity contribution is 0.199. The molecule has 0 bridgehead atoms. The Balaban J connectivity index is 2.31. The van der Waals surface area contributed by atoms with Crippen LogP contribution < -0.4 is 0 Å². The maximum atomic E-state index is 9.33. The van der Waals surface area contributed by atoms with Gasteiger partial charge in [-0.1, -0.05) is 6.07 Å². The molecule has 2 aromatic rings. The van der Waals surface area contributed by atoms with Crippen molar-refractivity contribution in [2.75, 3.05) is 0 Å². The molecule has 0 saturated carbocycles. The molecule has 0 radical (unpaired) electrons. The normalized spacial score (nSPS) is 12.7. The number of pyridine rings is 1. The van der Waals surface area contributed by atoms with Gasteiger partial charge in [0, 0.05) is 12.4 Å². The molecule has 1 atom stereocenters. The van der Waals surface area contributed by atoms with Crippen LogP contribution in [-0.2, 0) is 0 Å². The van der Waals surface area contributed by atoms with Crippen LogP contribution in [0, 0.1) is 6.92 Å². The van der Waals surface area contributed by atoms with Gasteiger partial charge in [-0.15, -0.1) is 0 Å². The topological polar surface area (TPSA) is 50.9 Å². The zero-order chi connectivity index (χ0) is 10.8. The molecule has 2 rings (SSSR count). The van der Waals surface area contributed by atoms with E-state index in [0.29, 0.717) is 0 Å². The molecule has 0 spiro atoms. The van der Waals surface area contributed by atoms with E-state index < -0.39 is 6.10 Å². The fourth-order valence-corrected chi connectivity index (χ4v) is 1.32. The third-order valence-electron chi connectivity index (χ3n) is 2.20. The molecular formula is C11H13N3O. The first-order valence-corrected chi connectivity index (χ1v) is 4.82. The molecule has 2 heterocycles. The largest absolute Gasteiger partial charge is 0.389 e. The molecule has 0 saturated heterocycles. The summed E-state index contributed by atoms with van der Waals surface area (Å²) in [5.74, 6) is 0.757. The van der Waals surface area contributed by atoms with E-state index in [-0.39, 0.29) is 0 Å². The summed E-state index contributed by atoms with van der Waals surface area (Å²) >= 11 is 0. The predicted molar refractivity (Wildman–Crippen MR) is 56.7 cm³/mol. The van der Waals surface area contributed by atoms with Gasteiger partial charge in [0.15, 0.2) is 5.82 Å². The Labute approximate surface area is 88.2 Å². The first-order chi connectivity index (χ1) is 7.16. The molecule has 4 nitrogen and oxygen atoms in total. The molecule has 0 aromatic carbocycles. The number of aliphatic hydroxyl groups excluding tert-OH is 1. The molecule has 0 amide bonds. The van der Waals surface area contributed by atoms with Crippen LogP contribution in [0.4, 0.5) is 0 Å². The highest BCUT2D eigenvalue weighted by Gasteiger charge is 2.03. The fourth-order valence-electron chi connectivity index (χ4n) is 1.32. The maximum absolute atomic E-state index is 9.33. The summed E-state index contributed by atoms with van der Waals surface area (Å²) in [4.78, 5) is 4.22. The SMILES string of the molecule is Cc1cnn(-c2ccc([C@@H](C)O)cn2)c1. The third-order valence-corrected chi connectivity index (χ3v) is 2.20. The van der Waals surface area contributed by atoms with Crippen molar-refractivity contribution in [2.45, 2.75) is 20.0 Å². The molecule has 15 heavy (non-hydrogen) atoms. The van der Waals surface area contributed by atoms with E-state index in [0.717, 1.165) is 16.9 Å². The van der Waals surface area contributed by atoms with Gasteiger partial charge in [-0.25, -0.2) is 9.67 Å². The van der Waals surface area contributed by atoms with Gasteiger partial charge in [0.05, 0.1) is 12.3 Å². The summed E-state index contributed by atoms with van der Waals surface area (Å²) in [6, 6.07) is 3.69. The van der Waals surface area contributed by atoms with Crippen LogP contribution in [0.25, 0.3) is 5.82 Å². The van der Waals surface area contributed by atoms with E-state index in [2.05, 4.69) is 10.1 Å². The number of aliphatic hydroxyl groups is 1. The fraction of sp³-hybridized carbons (Fsp3) is 0.273. The van der Waals surface area contributed by atoms with Crippen molar-refractivity contribution in [3.8, 4) is 5.82 Å². The molecular weight excluding hydrogens is 190 g/mol. The van der Waals surface area contributed by atoms with Gasteiger partial charge in [0.25, 0.3) is 0 Å². The molecule has 0 fully saturated rings. The summed E-state index contributed by atoms with van der Waals surface area (Å²) in [5.41, 5.74) is 1.90. The Hall–Kier alpha value is -1.68. The minimum Gasteiger partial charge on any atom is -0.389 e. The van der Waals surface area contributed by atoms with Crippen molar-refractivity contribution in [1.29, 1.82) is 0 Å². The molecule has 78 valence electrons. The van der Waals surface area contributed by atoms with E-state index in [1.165, 1.54) is 0 Å². The highest BCUT2D eigenvalue weighted by Crippen LogP contribution is 2.12. The van der Waals surface area contributed by atoms with E-state index in [4.69, 9.17) is 0 Å². The van der Waals surface area contributed by atoms with E-state index >= 15 is 0 Å². The van der Waals surface area contributed by atoms with Crippen molar-refractivity contribution in [3.63, 3.8) is 0 Å². The number of rotatable bonds is 2. The Morgan fingerprint density at radius 3 is 2.60 bits per heavy atom. The van der Waals surface area contributed by atoms with Crippen LogP contribution in [0.2, 0.25) is 0 Å². The monoisotopic (exact) mass is 203 g/mol. The van der Waals surface area contributed by atoms with Gasteiger partial charge in [0.1, 0.15) is 0 Å². The average Bonchev–Trinajstić information content (AvgIpc) is 2.65. The first-order valence-electron chi connectivity index (χ1n) is 4.82. The van der Waals surface area contributed by atoms with Crippen molar-refractivity contribution in [1.82, 2.24) is 14.8 Å². The van der Waals surface area contributed by atoms with Crippen molar-refractivity contribution in [3.05, 3.63) is 41.9 Å². The molecule has 2 aromatic heterocycles. The summed E-state index contributed by atoms with van der Waals surface area (Å²) in [5, 5.41) is 13.5. The minimum atomic E-state index is -0.481. The molecule has 0 aliphatic heterocycles. The van der Waals surface area contributed by atoms with Crippen LogP contribution in [-0.4, -0.2) is 19.9 Å². The number of nitrogens with zero attached hydrogens (tertiary/aromatic N) is 3. The number of hydrogen-bond donors (Lipinski definition) is 1. The Morgan fingerprint density at radius 2 is 2.13 bits per heavy atom. The second kappa shape index (κ2) is 3.82. The highest BCUT2D eigenvalue weighted by atomic mass is 16.3. The van der Waals surface area contributed by atoms with Gasteiger partial charge in [-0.2, -0.15) is 5.10 Å². The predicted octanol–water partition coefficient (Wildman–Crippen LogP) is 1.63. The van der Waals surface area contributed by atoms with Gasteiger partial charge >= 0.3 is 0 Å². The Kier molecular flexibility index (Phi) is 2.51. The number of aromatic nitrogens is 3. The van der Waals surface area contributed by atoms with E-state index in [1.54, 1.807) is 24.0 Å². The van der Waals surface area contributed by atoms with Gasteiger partial charge < -0.3 is 5.11 Å². The second-order valence-electron chi connectivity index (χ2n) is 3.59. The smallest absolute Gasteiger partial charge is 0.153 e. The number of aryl methyl sites for hydroxylation is 1. The second-order valence-corrected chi connectivity index (χ2v) is 3.59. The lowest BCUT2D eigenvalue weighted by atomic mass is 10.2. The first kappa shape index (κ1) is 9.86. The minimum absolute atomic E-state index is 0.481. The van der Waals surface area contributed by atoms with Gasteiger partial charge in [-0.05, 0) is 31.0 Å². The van der Waals surface area contributed by atoms with Crippen LogP contribution in [0.1, 0.15) is 24.2 Å². The van der Waals surface area contributed by atoms with Crippen molar-refractivity contribution < 1.29 is 5.11 Å². The molecule has 0 aliphatic rings. The average molecular weight is 203 g/mol. The summed E-state index contributed by atoms with van der Waals surface area (Å²) in [6.07, 6.45) is 4.87. The maximum Gasteiger partial charge on any atom is 0.153 e. The quantitative estimate of drug-likeness (QED) is 0.807. The summed E-state index contributed by atoms with van der Waals surface area (Å²) in [7, 11) is 0. The van der Waals surface area contributed by atoms with E-state index in [9.17, 15) is 5.11 Å². The standard InChI is InChI=1S/C11H13N3O/c1-8-5-13-14(7-8)11-4-3-10(6-12-11)9(2)15/h3-7,9,15H,1-2H3/t9-/m1/s1. The molecule has 4 heteroatoms. The van der Waals surface area contributed by atoms with Crippen molar-refractivity contribution in [2.24, 2.45) is 0 Å². The third kappa shape index (κ3) is 2.05. The lowest BCUT2D eigenvalue weighted by Crippen LogP contribution is -1.99. The zero-order valence-electron chi connectivity index (χ0n) is 8.75. The van der Waals surface area contributed by atoms with Crippen LogP contribution in [0.3, 0.4) is 0 Å². The van der Waals surface area contributed by atoms with Crippen molar-refractivity contribution >= 4 is 0 Å². The number of hydrogen-bond acceptors (Lipinski definition) is 3. The summed E-state index contributed by atoms with van der Waals surface area (Å²) in [6.45, 7) is 3.70. The van der Waals surface area contributed by atoms with E-state index in [1.807, 2.05) is 25.3 Å².